The third-order valence-corrected chi connectivity index (χ3v) is 4.35. The van der Waals surface area contributed by atoms with E-state index in [1.54, 1.807) is 25.3 Å². The van der Waals surface area contributed by atoms with Crippen LogP contribution in [-0.2, 0) is 6.61 Å². The summed E-state index contributed by atoms with van der Waals surface area (Å²) in [6, 6.07) is 4.09. The van der Waals surface area contributed by atoms with Crippen molar-refractivity contribution in [2.24, 2.45) is 0 Å². The standard InChI is InChI=1S/C19H16ClF2N3O2/c1-10-7-23-11(2)4-16(10)25-12(3)5-17(18(20)19(25)26)27-9-15-14(22)6-13(21)8-24-15/h4-8H,9H2,1-3H3. The molecule has 5 nitrogen and oxygen atoms in total. The van der Waals surface area contributed by atoms with Gasteiger partial charge in [-0.3, -0.25) is 19.3 Å². The van der Waals surface area contributed by atoms with E-state index in [1.807, 2.05) is 13.8 Å². The van der Waals surface area contributed by atoms with Gasteiger partial charge < -0.3 is 4.74 Å². The molecule has 3 heterocycles. The number of aromatic nitrogens is 3. The zero-order valence-corrected chi connectivity index (χ0v) is 15.6. The average molecular weight is 392 g/mol. The van der Waals surface area contributed by atoms with E-state index in [0.29, 0.717) is 17.4 Å². The van der Waals surface area contributed by atoms with E-state index in [-0.39, 0.29) is 23.1 Å². The van der Waals surface area contributed by atoms with Gasteiger partial charge in [0.05, 0.1) is 11.9 Å². The maximum atomic E-state index is 13.7. The lowest BCUT2D eigenvalue weighted by molar-refractivity contribution is 0.292. The summed E-state index contributed by atoms with van der Waals surface area (Å²) < 4.78 is 33.6. The summed E-state index contributed by atoms with van der Waals surface area (Å²) in [4.78, 5) is 20.6. The highest BCUT2D eigenvalue weighted by Crippen LogP contribution is 2.25. The normalized spacial score (nSPS) is 10.9. The number of halogens is 3. The highest BCUT2D eigenvalue weighted by atomic mass is 35.5. The molecule has 27 heavy (non-hydrogen) atoms. The molecule has 0 radical (unpaired) electrons. The molecule has 0 aromatic carbocycles. The smallest absolute Gasteiger partial charge is 0.277 e. The average Bonchev–Trinajstić information content (AvgIpc) is 2.61. The quantitative estimate of drug-likeness (QED) is 0.673. The van der Waals surface area contributed by atoms with E-state index < -0.39 is 17.2 Å². The van der Waals surface area contributed by atoms with Gasteiger partial charge in [0.25, 0.3) is 5.56 Å². The Bertz CT molecular complexity index is 1080. The molecule has 0 aliphatic carbocycles. The molecule has 0 saturated heterocycles. The Morgan fingerprint density at radius 3 is 2.56 bits per heavy atom. The van der Waals surface area contributed by atoms with Gasteiger partial charge in [-0.25, -0.2) is 8.78 Å². The largest absolute Gasteiger partial charge is 0.485 e. The summed E-state index contributed by atoms with van der Waals surface area (Å²) in [5.41, 5.74) is 2.28. The van der Waals surface area contributed by atoms with Crippen LogP contribution in [0.3, 0.4) is 0 Å². The van der Waals surface area contributed by atoms with Crippen LogP contribution in [0.25, 0.3) is 5.69 Å². The van der Waals surface area contributed by atoms with Gasteiger partial charge in [-0.15, -0.1) is 0 Å². The molecule has 3 aromatic heterocycles. The highest BCUT2D eigenvalue weighted by Gasteiger charge is 2.16. The number of nitrogens with zero attached hydrogens (tertiary/aromatic N) is 3. The first kappa shape index (κ1) is 19.0. The Kier molecular flexibility index (Phi) is 5.23. The van der Waals surface area contributed by atoms with Crippen LogP contribution in [0, 0.1) is 32.4 Å². The van der Waals surface area contributed by atoms with E-state index in [1.165, 1.54) is 4.57 Å². The minimum atomic E-state index is -0.834. The second-order valence-corrected chi connectivity index (χ2v) is 6.47. The first-order chi connectivity index (χ1) is 12.8. The zero-order valence-electron chi connectivity index (χ0n) is 14.9. The Hall–Kier alpha value is -2.80. The predicted molar refractivity (Wildman–Crippen MR) is 97.5 cm³/mol. The fraction of sp³-hybridized carbons (Fsp3) is 0.211. The number of ether oxygens (including phenoxy) is 1. The van der Waals surface area contributed by atoms with Gasteiger partial charge in [0.1, 0.15) is 28.9 Å². The van der Waals surface area contributed by atoms with Crippen LogP contribution in [0.5, 0.6) is 5.75 Å². The van der Waals surface area contributed by atoms with Crippen LogP contribution in [0.4, 0.5) is 8.78 Å². The third kappa shape index (κ3) is 3.83. The summed E-state index contributed by atoms with van der Waals surface area (Å²) >= 11 is 6.20. The molecular formula is C19H16ClF2N3O2. The number of hydrogen-bond acceptors (Lipinski definition) is 4. The lowest BCUT2D eigenvalue weighted by Crippen LogP contribution is -2.23. The van der Waals surface area contributed by atoms with Crippen LogP contribution >= 0.6 is 11.6 Å². The molecule has 0 N–H and O–H groups in total. The Labute approximate surface area is 159 Å². The summed E-state index contributed by atoms with van der Waals surface area (Å²) in [5, 5.41) is -0.142. The molecule has 140 valence electrons. The molecule has 0 bridgehead atoms. The SMILES string of the molecule is Cc1cc(-n2c(C)cc(OCc3ncc(F)cc3F)c(Cl)c2=O)c(C)cn1. The highest BCUT2D eigenvalue weighted by molar-refractivity contribution is 6.31. The van der Waals surface area contributed by atoms with Crippen molar-refractivity contribution in [2.75, 3.05) is 0 Å². The molecular weight excluding hydrogens is 376 g/mol. The van der Waals surface area contributed by atoms with Crippen LogP contribution < -0.4 is 10.3 Å². The molecule has 3 aromatic rings. The molecule has 0 amide bonds. The molecule has 0 aliphatic rings. The van der Waals surface area contributed by atoms with Gasteiger partial charge in [-0.2, -0.15) is 0 Å². The Morgan fingerprint density at radius 2 is 1.85 bits per heavy atom. The van der Waals surface area contributed by atoms with Crippen LogP contribution in [-0.4, -0.2) is 14.5 Å². The number of rotatable bonds is 4. The van der Waals surface area contributed by atoms with E-state index in [4.69, 9.17) is 16.3 Å². The first-order valence-electron chi connectivity index (χ1n) is 8.06. The minimum absolute atomic E-state index is 0.0881. The van der Waals surface area contributed by atoms with Crippen molar-refractivity contribution in [1.82, 2.24) is 14.5 Å². The monoisotopic (exact) mass is 391 g/mol. The van der Waals surface area contributed by atoms with Crippen LogP contribution in [0.1, 0.15) is 22.6 Å². The van der Waals surface area contributed by atoms with Gasteiger partial charge in [-0.05, 0) is 32.4 Å². The lowest BCUT2D eigenvalue weighted by atomic mass is 10.2. The fourth-order valence-electron chi connectivity index (χ4n) is 2.64. The molecule has 0 fully saturated rings. The minimum Gasteiger partial charge on any atom is -0.485 e. The topological polar surface area (TPSA) is 57.0 Å². The lowest BCUT2D eigenvalue weighted by Gasteiger charge is -2.16. The molecule has 3 rings (SSSR count). The third-order valence-electron chi connectivity index (χ3n) is 4.00. The van der Waals surface area contributed by atoms with Crippen molar-refractivity contribution in [3.8, 4) is 11.4 Å². The summed E-state index contributed by atoms with van der Waals surface area (Å²) in [5.74, 6) is -1.51. The summed E-state index contributed by atoms with van der Waals surface area (Å²) in [7, 11) is 0. The Morgan fingerprint density at radius 1 is 1.11 bits per heavy atom. The number of hydrogen-bond donors (Lipinski definition) is 0. The second-order valence-electron chi connectivity index (χ2n) is 6.09. The molecule has 8 heteroatoms. The van der Waals surface area contributed by atoms with E-state index in [0.717, 1.165) is 17.5 Å². The number of pyridine rings is 3. The second kappa shape index (κ2) is 7.44. The maximum Gasteiger partial charge on any atom is 0.277 e. The molecule has 0 unspecified atom stereocenters. The van der Waals surface area contributed by atoms with Gasteiger partial charge in [0.15, 0.2) is 5.82 Å². The number of aryl methyl sites for hydroxylation is 3. The molecule has 0 spiro atoms. The van der Waals surface area contributed by atoms with E-state index in [2.05, 4.69) is 9.97 Å². The summed E-state index contributed by atoms with van der Waals surface area (Å²) in [6.45, 7) is 5.11. The van der Waals surface area contributed by atoms with E-state index in [9.17, 15) is 13.6 Å². The maximum absolute atomic E-state index is 13.7. The zero-order chi connectivity index (χ0) is 19.7. The predicted octanol–water partition coefficient (Wildman–Crippen LogP) is 4.06. The van der Waals surface area contributed by atoms with Crippen molar-refractivity contribution in [3.63, 3.8) is 0 Å². The van der Waals surface area contributed by atoms with Crippen LogP contribution in [0.15, 0.2) is 35.4 Å². The Balaban J connectivity index is 1.98. The van der Waals surface area contributed by atoms with Gasteiger partial charge in [-0.1, -0.05) is 11.6 Å². The first-order valence-corrected chi connectivity index (χ1v) is 8.44. The van der Waals surface area contributed by atoms with Crippen molar-refractivity contribution >= 4 is 11.6 Å². The van der Waals surface area contributed by atoms with Crippen molar-refractivity contribution in [3.05, 3.63) is 80.2 Å². The van der Waals surface area contributed by atoms with Crippen LogP contribution in [0.2, 0.25) is 5.02 Å². The fourth-order valence-corrected chi connectivity index (χ4v) is 2.83. The van der Waals surface area contributed by atoms with Crippen molar-refractivity contribution in [1.29, 1.82) is 0 Å². The molecule has 0 atom stereocenters. The van der Waals surface area contributed by atoms with Gasteiger partial charge >= 0.3 is 0 Å². The molecule has 0 aliphatic heterocycles. The molecule has 0 saturated carbocycles. The van der Waals surface area contributed by atoms with E-state index >= 15 is 0 Å². The van der Waals surface area contributed by atoms with Gasteiger partial charge in [0.2, 0.25) is 0 Å². The summed E-state index contributed by atoms with van der Waals surface area (Å²) in [6.07, 6.45) is 2.57. The van der Waals surface area contributed by atoms with Crippen molar-refractivity contribution in [2.45, 2.75) is 27.4 Å². The van der Waals surface area contributed by atoms with Crippen molar-refractivity contribution < 1.29 is 13.5 Å². The van der Waals surface area contributed by atoms with Gasteiger partial charge in [0, 0.05) is 29.7 Å².